The van der Waals surface area contributed by atoms with E-state index in [-0.39, 0.29) is 6.03 Å². The summed E-state index contributed by atoms with van der Waals surface area (Å²) >= 11 is 0. The van der Waals surface area contributed by atoms with Gasteiger partial charge in [0, 0.05) is 32.7 Å². The Balaban J connectivity index is 1.45. The third kappa shape index (κ3) is 5.58. The van der Waals surface area contributed by atoms with Gasteiger partial charge in [-0.1, -0.05) is 24.3 Å². The van der Waals surface area contributed by atoms with E-state index in [1.807, 2.05) is 31.2 Å². The minimum absolute atomic E-state index is 0.153. The van der Waals surface area contributed by atoms with Gasteiger partial charge in [0.2, 0.25) is 0 Å². The third-order valence-corrected chi connectivity index (χ3v) is 5.04. The molecule has 162 valence electrons. The second-order valence-electron chi connectivity index (χ2n) is 7.05. The molecule has 0 saturated carbocycles. The fourth-order valence-corrected chi connectivity index (χ4v) is 3.43. The van der Waals surface area contributed by atoms with Crippen molar-refractivity contribution in [3.05, 3.63) is 59.7 Å². The number of rotatable bonds is 6. The van der Waals surface area contributed by atoms with Crippen LogP contribution in [0, 0.1) is 0 Å². The van der Waals surface area contributed by atoms with Crippen LogP contribution in [0.3, 0.4) is 0 Å². The van der Waals surface area contributed by atoms with Gasteiger partial charge >= 0.3 is 12.2 Å². The molecular weight excluding hydrogens is 395 g/mol. The van der Waals surface area contributed by atoms with Crippen LogP contribution >= 0.6 is 0 Å². The molecule has 3 rings (SSSR count). The number of nitrogens with one attached hydrogen (secondary N) is 1. The first-order valence-corrected chi connectivity index (χ1v) is 10.0. The topological polar surface area (TPSA) is 44.8 Å². The van der Waals surface area contributed by atoms with Crippen LogP contribution in [0.25, 0.3) is 0 Å². The summed E-state index contributed by atoms with van der Waals surface area (Å²) < 4.78 is 43.5. The highest BCUT2D eigenvalue weighted by Crippen LogP contribution is 2.30. The van der Waals surface area contributed by atoms with Gasteiger partial charge in [0.15, 0.2) is 0 Å². The summed E-state index contributed by atoms with van der Waals surface area (Å²) in [5, 5.41) is 2.85. The van der Waals surface area contributed by atoms with Crippen LogP contribution in [0.1, 0.15) is 18.1 Å². The smallest absolute Gasteiger partial charge is 0.416 e. The zero-order valence-corrected chi connectivity index (χ0v) is 16.9. The first-order chi connectivity index (χ1) is 14.4. The fraction of sp³-hybridized carbons (Fsp3) is 0.409. The molecule has 1 saturated heterocycles. The Kier molecular flexibility index (Phi) is 7.07. The summed E-state index contributed by atoms with van der Waals surface area (Å²) in [6, 6.07) is 12.7. The van der Waals surface area contributed by atoms with Crippen molar-refractivity contribution < 1.29 is 22.7 Å². The Morgan fingerprint density at radius 3 is 2.33 bits per heavy atom. The molecule has 1 heterocycles. The van der Waals surface area contributed by atoms with E-state index in [0.717, 1.165) is 29.1 Å². The summed E-state index contributed by atoms with van der Waals surface area (Å²) in [5.41, 5.74) is 1.11. The molecule has 5 nitrogen and oxygen atoms in total. The van der Waals surface area contributed by atoms with Crippen LogP contribution in [0.5, 0.6) is 5.75 Å². The molecule has 0 atom stereocenters. The van der Waals surface area contributed by atoms with Gasteiger partial charge in [0.1, 0.15) is 5.75 Å². The van der Waals surface area contributed by atoms with Gasteiger partial charge in [-0.3, -0.25) is 0 Å². The Hall–Kier alpha value is -2.90. The molecule has 0 aromatic heterocycles. The highest BCUT2D eigenvalue weighted by molar-refractivity contribution is 5.74. The lowest BCUT2D eigenvalue weighted by Crippen LogP contribution is -2.52. The monoisotopic (exact) mass is 421 g/mol. The molecule has 2 aromatic carbocycles. The lowest BCUT2D eigenvalue weighted by Gasteiger charge is -2.36. The molecule has 0 bridgehead atoms. The van der Waals surface area contributed by atoms with E-state index in [1.165, 1.54) is 12.1 Å². The van der Waals surface area contributed by atoms with Gasteiger partial charge in [0.05, 0.1) is 17.9 Å². The summed E-state index contributed by atoms with van der Waals surface area (Å²) in [6.07, 6.45) is -3.86. The molecule has 8 heteroatoms. The van der Waals surface area contributed by atoms with Crippen molar-refractivity contribution in [1.29, 1.82) is 0 Å². The van der Waals surface area contributed by atoms with Gasteiger partial charge in [-0.2, -0.15) is 13.2 Å². The molecule has 1 fully saturated rings. The summed E-state index contributed by atoms with van der Waals surface area (Å²) in [4.78, 5) is 16.4. The molecule has 2 aromatic rings. The molecule has 2 amide bonds. The number of benzene rings is 2. The number of nitrogens with zero attached hydrogens (tertiary/aromatic N) is 2. The number of carbonyl (C=O) groups excluding carboxylic acids is 1. The number of hydrogen-bond acceptors (Lipinski definition) is 3. The van der Waals surface area contributed by atoms with Crippen molar-refractivity contribution >= 4 is 11.7 Å². The van der Waals surface area contributed by atoms with Crippen LogP contribution in [0.2, 0.25) is 0 Å². The average molecular weight is 421 g/mol. The molecule has 0 radical (unpaired) electrons. The lowest BCUT2D eigenvalue weighted by atomic mass is 10.1. The van der Waals surface area contributed by atoms with Crippen LogP contribution < -0.4 is 15.0 Å². The van der Waals surface area contributed by atoms with E-state index < -0.39 is 11.7 Å². The van der Waals surface area contributed by atoms with Gasteiger partial charge in [0.25, 0.3) is 0 Å². The average Bonchev–Trinajstić information content (AvgIpc) is 2.74. The van der Waals surface area contributed by atoms with Crippen LogP contribution in [-0.4, -0.2) is 50.3 Å². The molecule has 0 unspecified atom stereocenters. The number of urea groups is 1. The number of piperazine rings is 1. The summed E-state index contributed by atoms with van der Waals surface area (Å²) in [7, 11) is 0. The van der Waals surface area contributed by atoms with Gasteiger partial charge in [-0.15, -0.1) is 0 Å². The largest absolute Gasteiger partial charge is 0.492 e. The van der Waals surface area contributed by atoms with E-state index in [4.69, 9.17) is 4.74 Å². The fourth-order valence-electron chi connectivity index (χ4n) is 3.43. The zero-order chi connectivity index (χ0) is 21.6. The summed E-state index contributed by atoms with van der Waals surface area (Å²) in [6.45, 7) is 5.51. The number of para-hydroxylation sites is 2. The molecule has 1 aliphatic rings. The Morgan fingerprint density at radius 1 is 1.03 bits per heavy atom. The number of ether oxygens (including phenoxy) is 1. The van der Waals surface area contributed by atoms with E-state index in [2.05, 4.69) is 10.2 Å². The van der Waals surface area contributed by atoms with Crippen LogP contribution in [0.15, 0.2) is 48.5 Å². The molecule has 1 N–H and O–H groups in total. The van der Waals surface area contributed by atoms with E-state index >= 15 is 0 Å². The number of anilines is 1. The Labute approximate surface area is 174 Å². The first kappa shape index (κ1) is 21.8. The third-order valence-electron chi connectivity index (χ3n) is 5.04. The van der Waals surface area contributed by atoms with Gasteiger partial charge < -0.3 is 19.9 Å². The minimum Gasteiger partial charge on any atom is -0.492 e. The van der Waals surface area contributed by atoms with Crippen molar-refractivity contribution in [2.24, 2.45) is 0 Å². The van der Waals surface area contributed by atoms with Gasteiger partial charge in [-0.05, 0) is 43.2 Å². The second kappa shape index (κ2) is 9.73. The molecule has 0 spiro atoms. The molecule has 1 aliphatic heterocycles. The van der Waals surface area contributed by atoms with Crippen molar-refractivity contribution in [3.63, 3.8) is 0 Å². The predicted octanol–water partition coefficient (Wildman–Crippen LogP) is 4.18. The standard InChI is InChI=1S/C22H26F3N3O2/c1-2-30-20-6-4-3-5-19(20)27-13-15-28(16-14-27)21(29)26-12-11-17-7-9-18(10-8-17)22(23,24)25/h3-10H,2,11-16H2,1H3,(H,26,29). The molecule has 0 aliphatic carbocycles. The minimum atomic E-state index is -4.34. The van der Waals surface area contributed by atoms with Crippen LogP contribution in [0.4, 0.5) is 23.7 Å². The quantitative estimate of drug-likeness (QED) is 0.761. The molecular formula is C22H26F3N3O2. The van der Waals surface area contributed by atoms with Gasteiger partial charge in [-0.25, -0.2) is 4.79 Å². The number of amides is 2. The molecule has 30 heavy (non-hydrogen) atoms. The number of alkyl halides is 3. The van der Waals surface area contributed by atoms with E-state index in [0.29, 0.717) is 45.8 Å². The van der Waals surface area contributed by atoms with E-state index in [1.54, 1.807) is 4.90 Å². The number of carbonyl (C=O) groups is 1. The number of halogens is 3. The summed E-state index contributed by atoms with van der Waals surface area (Å²) in [5.74, 6) is 0.842. The highest BCUT2D eigenvalue weighted by Gasteiger charge is 2.30. The SMILES string of the molecule is CCOc1ccccc1N1CCN(C(=O)NCCc2ccc(C(F)(F)F)cc2)CC1. The lowest BCUT2D eigenvalue weighted by molar-refractivity contribution is -0.137. The number of hydrogen-bond donors (Lipinski definition) is 1. The predicted molar refractivity (Wildman–Crippen MR) is 110 cm³/mol. The van der Waals surface area contributed by atoms with Crippen LogP contribution in [-0.2, 0) is 12.6 Å². The van der Waals surface area contributed by atoms with Crippen molar-refractivity contribution in [2.45, 2.75) is 19.5 Å². The maximum atomic E-state index is 12.6. The van der Waals surface area contributed by atoms with Crippen molar-refractivity contribution in [3.8, 4) is 5.75 Å². The first-order valence-electron chi connectivity index (χ1n) is 10.0. The second-order valence-corrected chi connectivity index (χ2v) is 7.05. The van der Waals surface area contributed by atoms with E-state index in [9.17, 15) is 18.0 Å². The van der Waals surface area contributed by atoms with Crippen molar-refractivity contribution in [2.75, 3.05) is 44.2 Å². The normalized spacial score (nSPS) is 14.5. The van der Waals surface area contributed by atoms with Crippen molar-refractivity contribution in [1.82, 2.24) is 10.2 Å². The maximum absolute atomic E-state index is 12.6. The zero-order valence-electron chi connectivity index (χ0n) is 16.9. The Bertz CT molecular complexity index is 832. The highest BCUT2D eigenvalue weighted by atomic mass is 19.4. The maximum Gasteiger partial charge on any atom is 0.416 e. The Morgan fingerprint density at radius 2 is 1.70 bits per heavy atom.